The largest absolute Gasteiger partial charge is 0.361 e. The van der Waals surface area contributed by atoms with E-state index < -0.39 is 0 Å². The maximum absolute atomic E-state index is 12.2. The van der Waals surface area contributed by atoms with Crippen LogP contribution in [0.2, 0.25) is 0 Å². The molecule has 1 unspecified atom stereocenters. The third-order valence-electron chi connectivity index (χ3n) is 3.91. The Kier molecular flexibility index (Phi) is 4.41. The van der Waals surface area contributed by atoms with Gasteiger partial charge in [0.2, 0.25) is 11.8 Å². The van der Waals surface area contributed by atoms with Crippen LogP contribution >= 0.6 is 0 Å². The molecule has 1 N–H and O–H groups in total. The van der Waals surface area contributed by atoms with Gasteiger partial charge in [0.1, 0.15) is 5.76 Å². The minimum Gasteiger partial charge on any atom is -0.361 e. The van der Waals surface area contributed by atoms with Crippen molar-refractivity contribution in [3.8, 4) is 0 Å². The molecule has 1 aromatic heterocycles. The van der Waals surface area contributed by atoms with Crippen LogP contribution < -0.4 is 10.2 Å². The Balaban J connectivity index is 1.51. The zero-order chi connectivity index (χ0) is 16.2. The Morgan fingerprint density at radius 1 is 1.39 bits per heavy atom. The standard InChI is InChI=1S/C17H19N3O3/c1-12-9-15(23-19-12)7-8-18-17(22)13-10-16(21)20(11-13)14-5-3-2-4-6-14/h2-6,9,13H,7-8,10-11H2,1H3,(H,18,22). The molecule has 2 heterocycles. The number of aromatic nitrogens is 1. The molecule has 120 valence electrons. The van der Waals surface area contributed by atoms with Gasteiger partial charge >= 0.3 is 0 Å². The molecule has 1 aromatic carbocycles. The Hall–Kier alpha value is -2.63. The summed E-state index contributed by atoms with van der Waals surface area (Å²) in [6.45, 7) is 2.76. The normalized spacial score (nSPS) is 17.5. The first-order valence-electron chi connectivity index (χ1n) is 7.69. The summed E-state index contributed by atoms with van der Waals surface area (Å²) >= 11 is 0. The number of carbonyl (C=O) groups is 2. The van der Waals surface area contributed by atoms with Crippen LogP contribution in [0.4, 0.5) is 5.69 Å². The lowest BCUT2D eigenvalue weighted by Crippen LogP contribution is -2.34. The number of nitrogens with zero attached hydrogens (tertiary/aromatic N) is 2. The second-order valence-electron chi connectivity index (χ2n) is 5.72. The molecule has 1 aliphatic heterocycles. The van der Waals surface area contributed by atoms with E-state index in [9.17, 15) is 9.59 Å². The third kappa shape index (κ3) is 3.59. The molecular formula is C17H19N3O3. The zero-order valence-electron chi connectivity index (χ0n) is 13.0. The van der Waals surface area contributed by atoms with Crippen LogP contribution in [0.1, 0.15) is 17.9 Å². The van der Waals surface area contributed by atoms with Crippen molar-refractivity contribution in [3.05, 3.63) is 47.9 Å². The molecular weight excluding hydrogens is 294 g/mol. The van der Waals surface area contributed by atoms with Crippen LogP contribution in [0.5, 0.6) is 0 Å². The zero-order valence-corrected chi connectivity index (χ0v) is 13.0. The molecule has 2 aromatic rings. The number of aryl methyl sites for hydroxylation is 1. The molecule has 0 spiro atoms. The number of anilines is 1. The van der Waals surface area contributed by atoms with Crippen molar-refractivity contribution in [1.82, 2.24) is 10.5 Å². The molecule has 0 aliphatic carbocycles. The molecule has 0 bridgehead atoms. The number of para-hydroxylation sites is 1. The monoisotopic (exact) mass is 313 g/mol. The summed E-state index contributed by atoms with van der Waals surface area (Å²) in [6.07, 6.45) is 0.845. The summed E-state index contributed by atoms with van der Waals surface area (Å²) in [5, 5.41) is 6.68. The molecule has 1 saturated heterocycles. The third-order valence-corrected chi connectivity index (χ3v) is 3.91. The molecule has 23 heavy (non-hydrogen) atoms. The number of hydrogen-bond acceptors (Lipinski definition) is 4. The fourth-order valence-electron chi connectivity index (χ4n) is 2.73. The Morgan fingerprint density at radius 3 is 2.87 bits per heavy atom. The van der Waals surface area contributed by atoms with Crippen molar-refractivity contribution < 1.29 is 14.1 Å². The number of hydrogen-bond donors (Lipinski definition) is 1. The maximum atomic E-state index is 12.2. The van der Waals surface area contributed by atoms with E-state index in [4.69, 9.17) is 4.52 Å². The molecule has 1 atom stereocenters. The van der Waals surface area contributed by atoms with E-state index in [0.29, 0.717) is 19.5 Å². The summed E-state index contributed by atoms with van der Waals surface area (Å²) in [5.74, 6) is 0.339. The second-order valence-corrected chi connectivity index (χ2v) is 5.72. The van der Waals surface area contributed by atoms with Crippen LogP contribution in [0.15, 0.2) is 40.9 Å². The predicted octanol–water partition coefficient (Wildman–Crippen LogP) is 1.69. The SMILES string of the molecule is Cc1cc(CCNC(=O)C2CC(=O)N(c3ccccc3)C2)on1. The molecule has 2 amide bonds. The quantitative estimate of drug-likeness (QED) is 0.911. The van der Waals surface area contributed by atoms with Gasteiger partial charge in [0, 0.05) is 37.7 Å². The van der Waals surface area contributed by atoms with Crippen LogP contribution in [-0.4, -0.2) is 30.1 Å². The molecule has 0 saturated carbocycles. The summed E-state index contributed by atoms with van der Waals surface area (Å²) in [7, 11) is 0. The number of amides is 2. The van der Waals surface area contributed by atoms with E-state index in [1.165, 1.54) is 0 Å². The van der Waals surface area contributed by atoms with Gasteiger partial charge in [-0.1, -0.05) is 23.4 Å². The minimum absolute atomic E-state index is 0.0118. The number of nitrogens with one attached hydrogen (secondary N) is 1. The van der Waals surface area contributed by atoms with E-state index in [1.54, 1.807) is 4.90 Å². The van der Waals surface area contributed by atoms with Gasteiger partial charge in [0.05, 0.1) is 11.6 Å². The number of carbonyl (C=O) groups excluding carboxylic acids is 2. The summed E-state index contributed by atoms with van der Waals surface area (Å²) in [5.41, 5.74) is 1.66. The Labute approximate surface area is 134 Å². The highest BCUT2D eigenvalue weighted by molar-refractivity contribution is 6.00. The average Bonchev–Trinajstić information content (AvgIpc) is 3.14. The first-order chi connectivity index (χ1) is 11.1. The van der Waals surface area contributed by atoms with E-state index in [-0.39, 0.29) is 24.2 Å². The lowest BCUT2D eigenvalue weighted by molar-refractivity contribution is -0.126. The van der Waals surface area contributed by atoms with E-state index in [2.05, 4.69) is 10.5 Å². The van der Waals surface area contributed by atoms with Gasteiger partial charge < -0.3 is 14.7 Å². The number of rotatable bonds is 5. The highest BCUT2D eigenvalue weighted by Gasteiger charge is 2.34. The first kappa shape index (κ1) is 15.3. The second kappa shape index (κ2) is 6.64. The van der Waals surface area contributed by atoms with Crippen molar-refractivity contribution in [3.63, 3.8) is 0 Å². The lowest BCUT2D eigenvalue weighted by atomic mass is 10.1. The highest BCUT2D eigenvalue weighted by Crippen LogP contribution is 2.24. The van der Waals surface area contributed by atoms with Gasteiger partial charge in [0.25, 0.3) is 0 Å². The smallest absolute Gasteiger partial charge is 0.227 e. The average molecular weight is 313 g/mol. The predicted molar refractivity (Wildman–Crippen MR) is 84.9 cm³/mol. The fourth-order valence-corrected chi connectivity index (χ4v) is 2.73. The summed E-state index contributed by atoms with van der Waals surface area (Å²) in [6, 6.07) is 11.3. The van der Waals surface area contributed by atoms with Gasteiger partial charge in [-0.2, -0.15) is 0 Å². The summed E-state index contributed by atoms with van der Waals surface area (Å²) in [4.78, 5) is 26.0. The molecule has 3 rings (SSSR count). The van der Waals surface area contributed by atoms with Crippen molar-refractivity contribution in [2.24, 2.45) is 5.92 Å². The van der Waals surface area contributed by atoms with E-state index >= 15 is 0 Å². The van der Waals surface area contributed by atoms with Crippen molar-refractivity contribution >= 4 is 17.5 Å². The van der Waals surface area contributed by atoms with Gasteiger partial charge in [-0.3, -0.25) is 9.59 Å². The summed E-state index contributed by atoms with van der Waals surface area (Å²) < 4.78 is 5.10. The Bertz CT molecular complexity index is 696. The fraction of sp³-hybridized carbons (Fsp3) is 0.353. The number of benzene rings is 1. The van der Waals surface area contributed by atoms with Gasteiger partial charge in [0.15, 0.2) is 0 Å². The van der Waals surface area contributed by atoms with Gasteiger partial charge in [-0.15, -0.1) is 0 Å². The molecule has 1 fully saturated rings. The first-order valence-corrected chi connectivity index (χ1v) is 7.69. The van der Waals surface area contributed by atoms with Gasteiger partial charge in [-0.05, 0) is 19.1 Å². The van der Waals surface area contributed by atoms with Crippen LogP contribution in [-0.2, 0) is 16.0 Å². The lowest BCUT2D eigenvalue weighted by Gasteiger charge is -2.16. The van der Waals surface area contributed by atoms with Crippen molar-refractivity contribution in [1.29, 1.82) is 0 Å². The van der Waals surface area contributed by atoms with Crippen LogP contribution in [0, 0.1) is 12.8 Å². The molecule has 0 radical (unpaired) electrons. The minimum atomic E-state index is -0.306. The van der Waals surface area contributed by atoms with E-state index in [0.717, 1.165) is 17.1 Å². The molecule has 1 aliphatic rings. The highest BCUT2D eigenvalue weighted by atomic mass is 16.5. The van der Waals surface area contributed by atoms with Crippen LogP contribution in [0.25, 0.3) is 0 Å². The topological polar surface area (TPSA) is 75.4 Å². The maximum Gasteiger partial charge on any atom is 0.227 e. The Morgan fingerprint density at radius 2 is 2.17 bits per heavy atom. The van der Waals surface area contributed by atoms with E-state index in [1.807, 2.05) is 43.3 Å². The van der Waals surface area contributed by atoms with Crippen molar-refractivity contribution in [2.45, 2.75) is 19.8 Å². The van der Waals surface area contributed by atoms with Crippen molar-refractivity contribution in [2.75, 3.05) is 18.0 Å². The molecule has 6 heteroatoms. The van der Waals surface area contributed by atoms with Crippen LogP contribution in [0.3, 0.4) is 0 Å². The molecule has 6 nitrogen and oxygen atoms in total. The van der Waals surface area contributed by atoms with Gasteiger partial charge in [-0.25, -0.2) is 0 Å².